The number of hydrogen-bond donors (Lipinski definition) is 2. The van der Waals surface area contributed by atoms with Crippen molar-refractivity contribution in [1.82, 2.24) is 0 Å². The van der Waals surface area contributed by atoms with E-state index < -0.39 is 9.84 Å². The number of phenols is 1. The van der Waals surface area contributed by atoms with Crippen LogP contribution in [0.25, 0.3) is 0 Å². The number of benzene rings is 3. The molecule has 144 valence electrons. The first-order valence-electron chi connectivity index (χ1n) is 8.94. The summed E-state index contributed by atoms with van der Waals surface area (Å²) in [6.07, 6.45) is 0.706. The summed E-state index contributed by atoms with van der Waals surface area (Å²) in [6, 6.07) is 20.2. The predicted molar refractivity (Wildman–Crippen MR) is 112 cm³/mol. The number of aryl methyl sites for hydroxylation is 1. The van der Waals surface area contributed by atoms with Crippen LogP contribution in [-0.4, -0.2) is 19.2 Å². The van der Waals surface area contributed by atoms with Crippen molar-refractivity contribution >= 4 is 21.2 Å². The monoisotopic (exact) mass is 394 g/mol. The molecule has 0 aromatic heterocycles. The molecule has 2 N–H and O–H groups in total. The molecule has 0 bridgehead atoms. The molecule has 0 aliphatic carbocycles. The minimum Gasteiger partial charge on any atom is -0.508 e. The van der Waals surface area contributed by atoms with Gasteiger partial charge >= 0.3 is 0 Å². The summed E-state index contributed by atoms with van der Waals surface area (Å²) in [5.74, 6) is 0.206. The van der Waals surface area contributed by atoms with E-state index in [0.717, 1.165) is 16.8 Å². The molecule has 5 nitrogen and oxygen atoms in total. The number of anilines is 1. The molecule has 0 heterocycles. The Bertz CT molecular complexity index is 1070. The highest BCUT2D eigenvalue weighted by Gasteiger charge is 2.17. The first kappa shape index (κ1) is 19.6. The van der Waals surface area contributed by atoms with E-state index in [1.807, 2.05) is 13.8 Å². The Morgan fingerprint density at radius 1 is 0.893 bits per heavy atom. The number of nitrogens with one attached hydrogen (secondary N) is 1. The van der Waals surface area contributed by atoms with E-state index in [2.05, 4.69) is 10.5 Å². The van der Waals surface area contributed by atoms with Gasteiger partial charge < -0.3 is 5.11 Å². The summed E-state index contributed by atoms with van der Waals surface area (Å²) in [4.78, 5) is 0.512. The van der Waals surface area contributed by atoms with E-state index in [1.165, 1.54) is 0 Å². The average molecular weight is 394 g/mol. The second-order valence-electron chi connectivity index (χ2n) is 6.41. The van der Waals surface area contributed by atoms with Crippen molar-refractivity contribution in [2.75, 3.05) is 5.43 Å². The third kappa shape index (κ3) is 4.40. The Hall–Kier alpha value is -3.12. The molecule has 0 radical (unpaired) electrons. The predicted octanol–water partition coefficient (Wildman–Crippen LogP) is 4.76. The lowest BCUT2D eigenvalue weighted by atomic mass is 10.1. The van der Waals surface area contributed by atoms with Gasteiger partial charge in [-0.1, -0.05) is 24.6 Å². The van der Waals surface area contributed by atoms with Gasteiger partial charge in [0.2, 0.25) is 9.84 Å². The van der Waals surface area contributed by atoms with Crippen LogP contribution in [0.5, 0.6) is 5.75 Å². The average Bonchev–Trinajstić information content (AvgIpc) is 2.70. The van der Waals surface area contributed by atoms with Gasteiger partial charge in [0.05, 0.1) is 21.2 Å². The quantitative estimate of drug-likeness (QED) is 0.467. The van der Waals surface area contributed by atoms with E-state index in [-0.39, 0.29) is 15.5 Å². The summed E-state index contributed by atoms with van der Waals surface area (Å²) in [5.41, 5.74) is 6.40. The zero-order chi connectivity index (χ0) is 20.1. The highest BCUT2D eigenvalue weighted by molar-refractivity contribution is 7.91. The molecule has 0 atom stereocenters. The Kier molecular flexibility index (Phi) is 5.80. The maximum Gasteiger partial charge on any atom is 0.206 e. The second kappa shape index (κ2) is 8.27. The molecule has 28 heavy (non-hydrogen) atoms. The summed E-state index contributed by atoms with van der Waals surface area (Å²) in [6.45, 7) is 3.91. The number of sulfone groups is 1. The van der Waals surface area contributed by atoms with Crippen LogP contribution in [0.3, 0.4) is 0 Å². The normalized spacial score (nSPS) is 12.0. The number of phenolic OH excluding ortho intramolecular Hbond substituents is 1. The van der Waals surface area contributed by atoms with Crippen LogP contribution in [0.2, 0.25) is 0 Å². The maximum absolute atomic E-state index is 12.7. The van der Waals surface area contributed by atoms with Crippen molar-refractivity contribution < 1.29 is 13.5 Å². The van der Waals surface area contributed by atoms with Crippen molar-refractivity contribution in [2.45, 2.75) is 30.1 Å². The van der Waals surface area contributed by atoms with Crippen LogP contribution in [0.1, 0.15) is 24.5 Å². The van der Waals surface area contributed by atoms with Gasteiger partial charge in [-0.3, -0.25) is 5.43 Å². The van der Waals surface area contributed by atoms with Gasteiger partial charge in [0.15, 0.2) is 0 Å². The molecule has 0 aliphatic heterocycles. The third-order valence-corrected chi connectivity index (χ3v) is 6.14. The van der Waals surface area contributed by atoms with Gasteiger partial charge in [-0.05, 0) is 79.6 Å². The fourth-order valence-corrected chi connectivity index (χ4v) is 3.96. The van der Waals surface area contributed by atoms with Gasteiger partial charge in [-0.2, -0.15) is 5.10 Å². The first-order chi connectivity index (χ1) is 13.4. The number of hydrazone groups is 1. The fourth-order valence-electron chi connectivity index (χ4n) is 2.70. The maximum atomic E-state index is 12.7. The molecule has 0 unspecified atom stereocenters. The molecule has 0 saturated carbocycles. The molecule has 0 amide bonds. The molecular formula is C22H22N2O3S. The molecule has 0 spiro atoms. The smallest absolute Gasteiger partial charge is 0.206 e. The molecular weight excluding hydrogens is 372 g/mol. The molecule has 0 saturated heterocycles. The number of nitrogens with zero attached hydrogens (tertiary/aromatic N) is 1. The van der Waals surface area contributed by atoms with Gasteiger partial charge in [0.1, 0.15) is 5.75 Å². The van der Waals surface area contributed by atoms with E-state index in [4.69, 9.17) is 0 Å². The molecule has 3 rings (SSSR count). The van der Waals surface area contributed by atoms with Crippen molar-refractivity contribution in [2.24, 2.45) is 5.10 Å². The summed E-state index contributed by atoms with van der Waals surface area (Å²) in [7, 11) is -3.54. The summed E-state index contributed by atoms with van der Waals surface area (Å²) < 4.78 is 25.4. The van der Waals surface area contributed by atoms with Gasteiger partial charge in [0, 0.05) is 0 Å². The minimum atomic E-state index is -3.54. The van der Waals surface area contributed by atoms with Gasteiger partial charge in [-0.15, -0.1) is 0 Å². The molecule has 0 aliphatic rings. The lowest BCUT2D eigenvalue weighted by Gasteiger charge is -2.08. The Labute approximate surface area is 165 Å². The van der Waals surface area contributed by atoms with E-state index in [9.17, 15) is 13.5 Å². The minimum absolute atomic E-state index is 0.206. The molecule has 3 aromatic carbocycles. The topological polar surface area (TPSA) is 78.8 Å². The van der Waals surface area contributed by atoms with Gasteiger partial charge in [-0.25, -0.2) is 8.42 Å². The Morgan fingerprint density at radius 2 is 1.43 bits per heavy atom. The highest BCUT2D eigenvalue weighted by atomic mass is 32.2. The highest BCUT2D eigenvalue weighted by Crippen LogP contribution is 2.23. The van der Waals surface area contributed by atoms with Crippen LogP contribution in [0, 0.1) is 6.92 Å². The fraction of sp³-hybridized carbons (Fsp3) is 0.136. The van der Waals surface area contributed by atoms with Crippen LogP contribution < -0.4 is 5.43 Å². The zero-order valence-corrected chi connectivity index (χ0v) is 16.6. The SMILES string of the molecule is CC/C(=N\Nc1ccc(S(=O)(=O)c2ccc(C)cc2)cc1)c1ccc(O)cc1. The van der Waals surface area contributed by atoms with Crippen LogP contribution in [0.4, 0.5) is 5.69 Å². The summed E-state index contributed by atoms with van der Waals surface area (Å²) >= 11 is 0. The van der Waals surface area contributed by atoms with Crippen molar-refractivity contribution in [1.29, 1.82) is 0 Å². The first-order valence-corrected chi connectivity index (χ1v) is 10.4. The standard InChI is InChI=1S/C22H22N2O3S/c1-3-22(17-6-10-19(25)11-7-17)24-23-18-8-14-21(15-9-18)28(26,27)20-12-4-16(2)5-13-20/h4-15,23,25H,3H2,1-2H3/b24-22+. The Morgan fingerprint density at radius 3 is 1.96 bits per heavy atom. The number of rotatable bonds is 6. The van der Waals surface area contributed by atoms with Crippen LogP contribution in [-0.2, 0) is 9.84 Å². The Balaban J connectivity index is 1.78. The van der Waals surface area contributed by atoms with E-state index >= 15 is 0 Å². The number of aromatic hydroxyl groups is 1. The van der Waals surface area contributed by atoms with Crippen LogP contribution >= 0.6 is 0 Å². The molecule has 0 fully saturated rings. The van der Waals surface area contributed by atoms with E-state index in [0.29, 0.717) is 12.1 Å². The van der Waals surface area contributed by atoms with Crippen molar-refractivity contribution in [3.63, 3.8) is 0 Å². The third-order valence-electron chi connectivity index (χ3n) is 4.35. The largest absolute Gasteiger partial charge is 0.508 e. The number of hydrogen-bond acceptors (Lipinski definition) is 5. The summed E-state index contributed by atoms with van der Waals surface area (Å²) in [5, 5.41) is 13.8. The second-order valence-corrected chi connectivity index (χ2v) is 8.36. The zero-order valence-electron chi connectivity index (χ0n) is 15.8. The molecule has 6 heteroatoms. The lowest BCUT2D eigenvalue weighted by molar-refractivity contribution is 0.475. The van der Waals surface area contributed by atoms with Gasteiger partial charge in [0.25, 0.3) is 0 Å². The van der Waals surface area contributed by atoms with E-state index in [1.54, 1.807) is 72.8 Å². The lowest BCUT2D eigenvalue weighted by Crippen LogP contribution is -2.04. The van der Waals surface area contributed by atoms with Crippen LogP contribution in [0.15, 0.2) is 87.7 Å². The van der Waals surface area contributed by atoms with Crippen molar-refractivity contribution in [3.05, 3.63) is 83.9 Å². The molecule has 3 aromatic rings. The van der Waals surface area contributed by atoms with Crippen molar-refractivity contribution in [3.8, 4) is 5.75 Å².